The molecule has 0 spiro atoms. The lowest BCUT2D eigenvalue weighted by Gasteiger charge is -2.10. The van der Waals surface area contributed by atoms with Gasteiger partial charge >= 0.3 is 0 Å². The molecule has 0 radical (unpaired) electrons. The number of nitrogens with zero attached hydrogens (tertiary/aromatic N) is 1. The van der Waals surface area contributed by atoms with Crippen molar-refractivity contribution < 1.29 is 14.3 Å². The molecule has 7 heteroatoms. The van der Waals surface area contributed by atoms with Gasteiger partial charge in [-0.05, 0) is 31.0 Å². The Kier molecular flexibility index (Phi) is 4.05. The molecular formula is C14H17N3O3S. The van der Waals surface area contributed by atoms with E-state index < -0.39 is 6.10 Å². The highest BCUT2D eigenvalue weighted by Crippen LogP contribution is 2.29. The Labute approximate surface area is 126 Å². The fourth-order valence-electron chi connectivity index (χ4n) is 2.34. The van der Waals surface area contributed by atoms with Gasteiger partial charge in [0.2, 0.25) is 0 Å². The first-order valence-corrected chi connectivity index (χ1v) is 7.62. The van der Waals surface area contributed by atoms with E-state index in [1.54, 1.807) is 7.11 Å². The number of methoxy groups -OCH3 is 1. The molecule has 0 unspecified atom stereocenters. The quantitative estimate of drug-likeness (QED) is 0.898. The molecule has 6 nitrogen and oxygen atoms in total. The zero-order chi connectivity index (χ0) is 14.8. The van der Waals surface area contributed by atoms with Gasteiger partial charge in [-0.15, -0.1) is 0 Å². The average molecular weight is 307 g/mol. The third kappa shape index (κ3) is 2.99. The van der Waals surface area contributed by atoms with Gasteiger partial charge in [-0.3, -0.25) is 10.1 Å². The van der Waals surface area contributed by atoms with Crippen LogP contribution in [0.3, 0.4) is 0 Å². The van der Waals surface area contributed by atoms with E-state index in [1.807, 2.05) is 18.2 Å². The first-order valence-electron chi connectivity index (χ1n) is 6.80. The largest absolute Gasteiger partial charge is 0.497 e. The molecule has 112 valence electrons. The molecule has 1 aromatic heterocycles. The molecule has 1 aliphatic heterocycles. The minimum absolute atomic E-state index is 0.0135. The van der Waals surface area contributed by atoms with Crippen LogP contribution in [0.5, 0.6) is 5.75 Å². The number of amides is 1. The molecule has 2 aromatic rings. The number of anilines is 1. The number of fused-ring (bicyclic) bond motifs is 1. The standard InChI is InChI=1S/C14H17N3O3S/c1-19-8-2-4-10-12(6-8)21-14(16-10)17-13(18)11-5-3-9(7-15)20-11/h2,4,6,9,11H,3,5,7,15H2,1H3,(H,16,17,18)/t9-,11+/m1/s1. The fourth-order valence-corrected chi connectivity index (χ4v) is 3.24. The van der Waals surface area contributed by atoms with Crippen LogP contribution in [0.1, 0.15) is 12.8 Å². The molecule has 0 saturated carbocycles. The van der Waals surface area contributed by atoms with Gasteiger partial charge in [-0.2, -0.15) is 0 Å². The third-order valence-corrected chi connectivity index (χ3v) is 4.42. The van der Waals surface area contributed by atoms with Gasteiger partial charge in [0, 0.05) is 6.54 Å². The van der Waals surface area contributed by atoms with E-state index >= 15 is 0 Å². The molecule has 3 rings (SSSR count). The van der Waals surface area contributed by atoms with Crippen LogP contribution in [0.25, 0.3) is 10.2 Å². The number of nitrogens with one attached hydrogen (secondary N) is 1. The first kappa shape index (κ1) is 14.2. The first-order chi connectivity index (χ1) is 10.2. The summed E-state index contributed by atoms with van der Waals surface area (Å²) in [4.78, 5) is 16.5. The van der Waals surface area contributed by atoms with Crippen molar-refractivity contribution >= 4 is 32.6 Å². The van der Waals surface area contributed by atoms with E-state index in [4.69, 9.17) is 15.2 Å². The van der Waals surface area contributed by atoms with E-state index in [-0.39, 0.29) is 12.0 Å². The Morgan fingerprint density at radius 2 is 2.43 bits per heavy atom. The number of carbonyl (C=O) groups excluding carboxylic acids is 1. The van der Waals surface area contributed by atoms with Crippen molar-refractivity contribution in [1.29, 1.82) is 0 Å². The van der Waals surface area contributed by atoms with Gasteiger partial charge in [-0.25, -0.2) is 4.98 Å². The maximum atomic E-state index is 12.1. The monoisotopic (exact) mass is 307 g/mol. The van der Waals surface area contributed by atoms with E-state index in [1.165, 1.54) is 11.3 Å². The normalized spacial score (nSPS) is 21.6. The van der Waals surface area contributed by atoms with Crippen LogP contribution in [-0.4, -0.2) is 36.8 Å². The van der Waals surface area contributed by atoms with Crippen molar-refractivity contribution in [1.82, 2.24) is 4.98 Å². The number of aromatic nitrogens is 1. The zero-order valence-corrected chi connectivity index (χ0v) is 12.5. The zero-order valence-electron chi connectivity index (χ0n) is 11.7. The number of benzene rings is 1. The summed E-state index contributed by atoms with van der Waals surface area (Å²) >= 11 is 1.42. The van der Waals surface area contributed by atoms with Crippen molar-refractivity contribution in [3.63, 3.8) is 0 Å². The Morgan fingerprint density at radius 1 is 1.57 bits per heavy atom. The average Bonchev–Trinajstić information content (AvgIpc) is 3.12. The Hall–Kier alpha value is -1.70. The van der Waals surface area contributed by atoms with Gasteiger partial charge in [0.05, 0.1) is 23.4 Å². The molecule has 0 aliphatic carbocycles. The van der Waals surface area contributed by atoms with E-state index in [2.05, 4.69) is 10.3 Å². The summed E-state index contributed by atoms with van der Waals surface area (Å²) in [7, 11) is 1.62. The van der Waals surface area contributed by atoms with Gasteiger partial charge in [0.25, 0.3) is 5.91 Å². The minimum atomic E-state index is -0.430. The molecule has 0 bridgehead atoms. The number of carbonyl (C=O) groups is 1. The summed E-state index contributed by atoms with van der Waals surface area (Å²) in [5, 5.41) is 3.39. The van der Waals surface area contributed by atoms with Crippen LogP contribution in [0.15, 0.2) is 18.2 Å². The number of rotatable bonds is 4. The van der Waals surface area contributed by atoms with Crippen molar-refractivity contribution in [3.05, 3.63) is 18.2 Å². The van der Waals surface area contributed by atoms with Crippen molar-refractivity contribution in [2.45, 2.75) is 25.0 Å². The smallest absolute Gasteiger partial charge is 0.255 e. The Morgan fingerprint density at radius 3 is 3.14 bits per heavy atom. The van der Waals surface area contributed by atoms with Crippen molar-refractivity contribution in [2.24, 2.45) is 5.73 Å². The molecule has 2 atom stereocenters. The Balaban J connectivity index is 1.71. The molecule has 2 heterocycles. The highest BCUT2D eigenvalue weighted by atomic mass is 32.1. The highest BCUT2D eigenvalue weighted by Gasteiger charge is 2.30. The molecule has 1 saturated heterocycles. The fraction of sp³-hybridized carbons (Fsp3) is 0.429. The van der Waals surface area contributed by atoms with Gasteiger partial charge in [0.15, 0.2) is 5.13 Å². The van der Waals surface area contributed by atoms with Crippen LogP contribution >= 0.6 is 11.3 Å². The number of hydrogen-bond donors (Lipinski definition) is 2. The summed E-state index contributed by atoms with van der Waals surface area (Å²) in [5.41, 5.74) is 6.38. The summed E-state index contributed by atoms with van der Waals surface area (Å²) in [6.45, 7) is 0.449. The van der Waals surface area contributed by atoms with Crippen molar-refractivity contribution in [3.8, 4) is 5.75 Å². The van der Waals surface area contributed by atoms with Crippen molar-refractivity contribution in [2.75, 3.05) is 19.0 Å². The lowest BCUT2D eigenvalue weighted by atomic mass is 10.2. The number of ether oxygens (including phenoxy) is 2. The van der Waals surface area contributed by atoms with E-state index in [9.17, 15) is 4.79 Å². The topological polar surface area (TPSA) is 86.5 Å². The highest BCUT2D eigenvalue weighted by molar-refractivity contribution is 7.22. The summed E-state index contributed by atoms with van der Waals surface area (Å²) in [5.74, 6) is 0.617. The molecule has 1 fully saturated rings. The van der Waals surface area contributed by atoms with Gasteiger partial charge in [-0.1, -0.05) is 11.3 Å². The predicted molar refractivity (Wildman–Crippen MR) is 81.8 cm³/mol. The molecule has 3 N–H and O–H groups in total. The molecule has 1 amide bonds. The number of nitrogens with two attached hydrogens (primary N) is 1. The Bertz CT molecular complexity index is 658. The van der Waals surface area contributed by atoms with Crippen LogP contribution < -0.4 is 15.8 Å². The molecule has 21 heavy (non-hydrogen) atoms. The number of thiazole rings is 1. The van der Waals surface area contributed by atoms with Crippen LogP contribution in [0, 0.1) is 0 Å². The minimum Gasteiger partial charge on any atom is -0.497 e. The lowest BCUT2D eigenvalue weighted by Crippen LogP contribution is -2.29. The van der Waals surface area contributed by atoms with Gasteiger partial charge in [0.1, 0.15) is 11.9 Å². The van der Waals surface area contributed by atoms with Gasteiger partial charge < -0.3 is 15.2 Å². The molecule has 1 aromatic carbocycles. The molecular weight excluding hydrogens is 290 g/mol. The summed E-state index contributed by atoms with van der Waals surface area (Å²) in [6.07, 6.45) is 1.08. The second-order valence-corrected chi connectivity index (χ2v) is 5.93. The van der Waals surface area contributed by atoms with E-state index in [0.29, 0.717) is 18.1 Å². The summed E-state index contributed by atoms with van der Waals surface area (Å²) in [6, 6.07) is 5.62. The lowest BCUT2D eigenvalue weighted by molar-refractivity contribution is -0.126. The molecule has 1 aliphatic rings. The third-order valence-electron chi connectivity index (χ3n) is 3.49. The summed E-state index contributed by atoms with van der Waals surface area (Å²) < 4.78 is 11.7. The van der Waals surface area contributed by atoms with Crippen LogP contribution in [-0.2, 0) is 9.53 Å². The predicted octanol–water partition coefficient (Wildman–Crippen LogP) is 1.75. The second-order valence-electron chi connectivity index (χ2n) is 4.90. The maximum Gasteiger partial charge on any atom is 0.255 e. The second kappa shape index (κ2) is 5.97. The number of hydrogen-bond acceptors (Lipinski definition) is 6. The van der Waals surface area contributed by atoms with Crippen LogP contribution in [0.4, 0.5) is 5.13 Å². The van der Waals surface area contributed by atoms with E-state index in [0.717, 1.165) is 22.4 Å². The maximum absolute atomic E-state index is 12.1. The SMILES string of the molecule is COc1ccc2nc(NC(=O)[C@@H]3CC[C@H](CN)O3)sc2c1. The van der Waals surface area contributed by atoms with Crippen LogP contribution in [0.2, 0.25) is 0 Å².